The lowest BCUT2D eigenvalue weighted by molar-refractivity contribution is 0.0696. The van der Waals surface area contributed by atoms with Gasteiger partial charge in [-0.1, -0.05) is 26.0 Å². The number of hydrogen-bond donors (Lipinski definition) is 1. The van der Waals surface area contributed by atoms with Crippen LogP contribution in [-0.4, -0.2) is 16.1 Å². The Morgan fingerprint density at radius 3 is 2.65 bits per heavy atom. The number of rotatable bonds is 4. The predicted octanol–water partition coefficient (Wildman–Crippen LogP) is 4.00. The zero-order valence-corrected chi connectivity index (χ0v) is 11.8. The summed E-state index contributed by atoms with van der Waals surface area (Å²) < 4.78 is 5.76. The van der Waals surface area contributed by atoms with Gasteiger partial charge in [-0.2, -0.15) is 0 Å². The van der Waals surface area contributed by atoms with Gasteiger partial charge in [-0.15, -0.1) is 0 Å². The molecule has 1 aromatic carbocycles. The van der Waals surface area contributed by atoms with E-state index in [0.717, 1.165) is 11.3 Å². The van der Waals surface area contributed by atoms with E-state index in [0.29, 0.717) is 11.7 Å². The van der Waals surface area contributed by atoms with Gasteiger partial charge in [0.2, 0.25) is 0 Å². The molecule has 0 spiro atoms. The molecule has 104 valence electrons. The number of ether oxygens (including phenoxy) is 1. The van der Waals surface area contributed by atoms with E-state index in [9.17, 15) is 4.79 Å². The zero-order valence-electron chi connectivity index (χ0n) is 11.8. The van der Waals surface area contributed by atoms with Crippen molar-refractivity contribution in [3.63, 3.8) is 0 Å². The summed E-state index contributed by atoms with van der Waals surface area (Å²) in [5.41, 5.74) is 2.28. The molecule has 1 aromatic heterocycles. The molecular weight excluding hydrogens is 254 g/mol. The molecule has 0 aliphatic heterocycles. The highest BCUT2D eigenvalue weighted by Gasteiger charge is 2.09. The van der Waals surface area contributed by atoms with E-state index in [1.54, 1.807) is 0 Å². The summed E-state index contributed by atoms with van der Waals surface area (Å²) in [6, 6.07) is 7.52. The van der Waals surface area contributed by atoms with E-state index in [2.05, 4.69) is 24.9 Å². The van der Waals surface area contributed by atoms with Crippen LogP contribution in [0.1, 0.15) is 41.3 Å². The van der Waals surface area contributed by atoms with Crippen LogP contribution in [0, 0.1) is 6.92 Å². The monoisotopic (exact) mass is 271 g/mol. The van der Waals surface area contributed by atoms with Crippen LogP contribution < -0.4 is 4.74 Å². The van der Waals surface area contributed by atoms with Gasteiger partial charge in [-0.25, -0.2) is 4.79 Å². The molecule has 2 rings (SSSR count). The molecule has 0 bridgehead atoms. The van der Waals surface area contributed by atoms with Crippen LogP contribution >= 0.6 is 0 Å². The maximum atomic E-state index is 10.9. The van der Waals surface area contributed by atoms with Crippen LogP contribution in [0.2, 0.25) is 0 Å². The molecule has 0 saturated heterocycles. The molecule has 0 unspecified atom stereocenters. The third-order valence-electron chi connectivity index (χ3n) is 3.07. The summed E-state index contributed by atoms with van der Waals surface area (Å²) in [6.45, 7) is 6.18. The van der Waals surface area contributed by atoms with Gasteiger partial charge < -0.3 is 9.84 Å². The predicted molar refractivity (Wildman–Crippen MR) is 76.5 cm³/mol. The highest BCUT2D eigenvalue weighted by Crippen LogP contribution is 2.28. The molecule has 0 radical (unpaired) electrons. The molecule has 0 amide bonds. The number of carboxylic acid groups (broad SMARTS) is 1. The lowest BCUT2D eigenvalue weighted by Gasteiger charge is -2.12. The van der Waals surface area contributed by atoms with Gasteiger partial charge in [-0.05, 0) is 36.1 Å². The summed E-state index contributed by atoms with van der Waals surface area (Å²) in [4.78, 5) is 14.8. The lowest BCUT2D eigenvalue weighted by Crippen LogP contribution is -1.98. The van der Waals surface area contributed by atoms with Crippen molar-refractivity contribution in [1.82, 2.24) is 4.98 Å². The Balaban J connectivity index is 2.32. The minimum absolute atomic E-state index is 0.111. The zero-order chi connectivity index (χ0) is 14.7. The van der Waals surface area contributed by atoms with Gasteiger partial charge in [0.15, 0.2) is 0 Å². The highest BCUT2D eigenvalue weighted by molar-refractivity contribution is 5.87. The first kappa shape index (κ1) is 14.1. The number of carbonyl (C=O) groups is 1. The number of aromatic nitrogens is 1. The van der Waals surface area contributed by atoms with Crippen molar-refractivity contribution < 1.29 is 14.6 Å². The van der Waals surface area contributed by atoms with Crippen molar-refractivity contribution in [2.45, 2.75) is 26.7 Å². The topological polar surface area (TPSA) is 59.4 Å². The van der Waals surface area contributed by atoms with Crippen molar-refractivity contribution in [3.05, 3.63) is 53.3 Å². The number of pyridine rings is 1. The van der Waals surface area contributed by atoms with Gasteiger partial charge >= 0.3 is 5.97 Å². The van der Waals surface area contributed by atoms with Crippen LogP contribution in [0.5, 0.6) is 11.5 Å². The van der Waals surface area contributed by atoms with Crippen LogP contribution in [-0.2, 0) is 0 Å². The second kappa shape index (κ2) is 5.74. The van der Waals surface area contributed by atoms with Crippen LogP contribution in [0.15, 0.2) is 36.7 Å². The summed E-state index contributed by atoms with van der Waals surface area (Å²) in [5.74, 6) is 0.534. The van der Waals surface area contributed by atoms with Crippen molar-refractivity contribution in [3.8, 4) is 11.5 Å². The van der Waals surface area contributed by atoms with Gasteiger partial charge in [0.25, 0.3) is 0 Å². The number of hydrogen-bond acceptors (Lipinski definition) is 3. The SMILES string of the molecule is Cc1ccc(C(C)C)cc1Oc1cncc(C(=O)O)c1. The summed E-state index contributed by atoms with van der Waals surface area (Å²) in [6.07, 6.45) is 2.81. The van der Waals surface area contributed by atoms with E-state index in [1.165, 1.54) is 24.0 Å². The number of benzene rings is 1. The normalized spacial score (nSPS) is 10.6. The van der Waals surface area contributed by atoms with Crippen molar-refractivity contribution in [2.24, 2.45) is 0 Å². The number of carboxylic acids is 1. The maximum absolute atomic E-state index is 10.9. The molecule has 1 N–H and O–H groups in total. The second-order valence-corrected chi connectivity index (χ2v) is 5.00. The van der Waals surface area contributed by atoms with Gasteiger partial charge in [0.05, 0.1) is 11.8 Å². The molecule has 1 heterocycles. The van der Waals surface area contributed by atoms with Crippen LogP contribution in [0.25, 0.3) is 0 Å². The summed E-state index contributed by atoms with van der Waals surface area (Å²) in [5, 5.41) is 8.95. The third-order valence-corrected chi connectivity index (χ3v) is 3.07. The molecule has 0 saturated carbocycles. The third kappa shape index (κ3) is 3.15. The standard InChI is InChI=1S/C16H17NO3/c1-10(2)12-5-4-11(3)15(7-12)20-14-6-13(16(18)19)8-17-9-14/h4-10H,1-3H3,(H,18,19). The number of aryl methyl sites for hydroxylation is 1. The van der Waals surface area contributed by atoms with E-state index >= 15 is 0 Å². The van der Waals surface area contributed by atoms with Crippen molar-refractivity contribution >= 4 is 5.97 Å². The first-order valence-corrected chi connectivity index (χ1v) is 6.44. The Hall–Kier alpha value is -2.36. The van der Waals surface area contributed by atoms with E-state index < -0.39 is 5.97 Å². The molecule has 0 aliphatic carbocycles. The first-order chi connectivity index (χ1) is 9.47. The van der Waals surface area contributed by atoms with Gasteiger partial charge in [0.1, 0.15) is 11.5 Å². The fourth-order valence-electron chi connectivity index (χ4n) is 1.80. The number of nitrogens with zero attached hydrogens (tertiary/aromatic N) is 1. The highest BCUT2D eigenvalue weighted by atomic mass is 16.5. The molecule has 20 heavy (non-hydrogen) atoms. The van der Waals surface area contributed by atoms with Crippen molar-refractivity contribution in [2.75, 3.05) is 0 Å². The quantitative estimate of drug-likeness (QED) is 0.912. The first-order valence-electron chi connectivity index (χ1n) is 6.44. The Bertz CT molecular complexity index is 635. The fraction of sp³-hybridized carbons (Fsp3) is 0.250. The van der Waals surface area contributed by atoms with E-state index in [-0.39, 0.29) is 5.56 Å². The Morgan fingerprint density at radius 1 is 1.25 bits per heavy atom. The molecule has 0 aliphatic rings. The maximum Gasteiger partial charge on any atom is 0.337 e. The average molecular weight is 271 g/mol. The molecule has 0 fully saturated rings. The second-order valence-electron chi connectivity index (χ2n) is 5.00. The molecule has 4 nitrogen and oxygen atoms in total. The minimum Gasteiger partial charge on any atom is -0.478 e. The largest absolute Gasteiger partial charge is 0.478 e. The fourth-order valence-corrected chi connectivity index (χ4v) is 1.80. The van der Waals surface area contributed by atoms with Crippen molar-refractivity contribution in [1.29, 1.82) is 0 Å². The molecule has 4 heteroatoms. The van der Waals surface area contributed by atoms with Crippen LogP contribution in [0.4, 0.5) is 0 Å². The smallest absolute Gasteiger partial charge is 0.337 e. The van der Waals surface area contributed by atoms with Gasteiger partial charge in [0, 0.05) is 6.20 Å². The Morgan fingerprint density at radius 2 is 2.00 bits per heavy atom. The Labute approximate surface area is 118 Å². The van der Waals surface area contributed by atoms with Crippen LogP contribution in [0.3, 0.4) is 0 Å². The van der Waals surface area contributed by atoms with E-state index in [1.807, 2.05) is 19.1 Å². The Kier molecular flexibility index (Phi) is 4.03. The molecular formula is C16H17NO3. The molecule has 2 aromatic rings. The summed E-state index contributed by atoms with van der Waals surface area (Å²) >= 11 is 0. The number of aromatic carboxylic acids is 1. The van der Waals surface area contributed by atoms with E-state index in [4.69, 9.17) is 9.84 Å². The minimum atomic E-state index is -1.02. The van der Waals surface area contributed by atoms with Gasteiger partial charge in [-0.3, -0.25) is 4.98 Å². The summed E-state index contributed by atoms with van der Waals surface area (Å²) in [7, 11) is 0. The molecule has 0 atom stereocenters. The average Bonchev–Trinajstić information content (AvgIpc) is 2.41. The lowest BCUT2D eigenvalue weighted by atomic mass is 10.0.